The molecule has 1 aromatic rings. The van der Waals surface area contributed by atoms with Crippen LogP contribution in [0.1, 0.15) is 5.56 Å². The van der Waals surface area contributed by atoms with E-state index in [4.69, 9.17) is 26.3 Å². The van der Waals surface area contributed by atoms with Gasteiger partial charge >= 0.3 is 0 Å². The molecule has 5 heteroatoms. The highest BCUT2D eigenvalue weighted by Crippen LogP contribution is 2.36. The number of quaternary nitrogens is 1. The van der Waals surface area contributed by atoms with E-state index < -0.39 is 0 Å². The predicted molar refractivity (Wildman–Crippen MR) is 69.8 cm³/mol. The van der Waals surface area contributed by atoms with Crippen molar-refractivity contribution in [3.8, 4) is 17.6 Å². The summed E-state index contributed by atoms with van der Waals surface area (Å²) in [6.07, 6.45) is 1.64. The second-order valence-corrected chi connectivity index (χ2v) is 3.97. The minimum absolute atomic E-state index is 0.371. The van der Waals surface area contributed by atoms with E-state index in [1.54, 1.807) is 13.2 Å². The minimum Gasteiger partial charge on any atom is -0.493 e. The lowest BCUT2D eigenvalue weighted by atomic mass is 10.2. The number of nitrogens with two attached hydrogens (primary N) is 1. The average Bonchev–Trinajstić information content (AvgIpc) is 2.37. The third-order valence-corrected chi connectivity index (χ3v) is 2.53. The molecule has 2 N–H and O–H groups in total. The maximum absolute atomic E-state index is 8.48. The molecule has 0 fully saturated rings. The number of ether oxygens (including phenoxy) is 2. The quantitative estimate of drug-likeness (QED) is 0.463. The highest BCUT2D eigenvalue weighted by Gasteiger charge is 2.12. The monoisotopic (exact) mass is 267 g/mol. The smallest absolute Gasteiger partial charge is 0.180 e. The summed E-state index contributed by atoms with van der Waals surface area (Å²) in [4.78, 5) is 0. The van der Waals surface area contributed by atoms with E-state index in [-0.39, 0.29) is 0 Å². The van der Waals surface area contributed by atoms with Crippen LogP contribution < -0.4 is 14.8 Å². The van der Waals surface area contributed by atoms with Crippen molar-refractivity contribution in [1.29, 1.82) is 5.26 Å². The molecule has 96 valence electrons. The van der Waals surface area contributed by atoms with Gasteiger partial charge in [-0.15, -0.1) is 0 Å². The standard InChI is InChI=1S/C13H15ClN2O2/c1-3-6-18-13-11(14)7-10(8-12(13)17-2)9-16-5-4-15/h3,7-8,16H,1,5-6,9H2,2H3/p+1. The average molecular weight is 268 g/mol. The number of benzene rings is 1. The van der Waals surface area contributed by atoms with E-state index >= 15 is 0 Å². The Balaban J connectivity index is 2.88. The van der Waals surface area contributed by atoms with Crippen molar-refractivity contribution in [1.82, 2.24) is 0 Å². The van der Waals surface area contributed by atoms with E-state index in [1.807, 2.05) is 17.4 Å². The lowest BCUT2D eigenvalue weighted by molar-refractivity contribution is -0.660. The van der Waals surface area contributed by atoms with Crippen molar-refractivity contribution in [2.24, 2.45) is 0 Å². The fourth-order valence-electron chi connectivity index (χ4n) is 1.48. The van der Waals surface area contributed by atoms with Crippen molar-refractivity contribution in [2.45, 2.75) is 6.54 Å². The first kappa shape index (κ1) is 14.4. The Morgan fingerprint density at radius 2 is 2.33 bits per heavy atom. The second-order valence-electron chi connectivity index (χ2n) is 3.56. The Hall–Kier alpha value is -1.70. The third-order valence-electron chi connectivity index (χ3n) is 2.25. The third kappa shape index (κ3) is 3.95. The lowest BCUT2D eigenvalue weighted by Crippen LogP contribution is -2.82. The van der Waals surface area contributed by atoms with Crippen molar-refractivity contribution in [3.05, 3.63) is 35.4 Å². The summed E-state index contributed by atoms with van der Waals surface area (Å²) in [7, 11) is 1.56. The van der Waals surface area contributed by atoms with Gasteiger partial charge in [0, 0.05) is 5.56 Å². The van der Waals surface area contributed by atoms with Crippen LogP contribution in [0.15, 0.2) is 24.8 Å². The number of hydrogen-bond acceptors (Lipinski definition) is 3. The van der Waals surface area contributed by atoms with Crippen LogP contribution in [0.3, 0.4) is 0 Å². The van der Waals surface area contributed by atoms with Crippen LogP contribution in [0, 0.1) is 11.3 Å². The van der Waals surface area contributed by atoms with Crippen LogP contribution in [0.4, 0.5) is 0 Å². The van der Waals surface area contributed by atoms with Crippen molar-refractivity contribution in [3.63, 3.8) is 0 Å². The Morgan fingerprint density at radius 3 is 2.94 bits per heavy atom. The fourth-order valence-corrected chi connectivity index (χ4v) is 1.76. The zero-order valence-electron chi connectivity index (χ0n) is 10.3. The number of nitrogens with zero attached hydrogens (tertiary/aromatic N) is 1. The Bertz CT molecular complexity index is 455. The molecule has 0 bridgehead atoms. The zero-order valence-corrected chi connectivity index (χ0v) is 11.0. The van der Waals surface area contributed by atoms with Gasteiger partial charge in [-0.1, -0.05) is 24.3 Å². The summed E-state index contributed by atoms with van der Waals surface area (Å²) in [6.45, 7) is 5.04. The first-order chi connectivity index (χ1) is 8.72. The molecule has 1 aromatic carbocycles. The van der Waals surface area contributed by atoms with E-state index in [1.165, 1.54) is 0 Å². The molecule has 0 heterocycles. The minimum atomic E-state index is 0.371. The molecule has 0 aliphatic rings. The van der Waals surface area contributed by atoms with Gasteiger partial charge in [-0.25, -0.2) is 0 Å². The summed E-state index contributed by atoms with van der Waals surface area (Å²) in [5.41, 5.74) is 0.984. The number of halogens is 1. The first-order valence-corrected chi connectivity index (χ1v) is 5.89. The highest BCUT2D eigenvalue weighted by atomic mass is 35.5. The van der Waals surface area contributed by atoms with Gasteiger partial charge in [0.15, 0.2) is 18.0 Å². The molecular weight excluding hydrogens is 252 g/mol. The van der Waals surface area contributed by atoms with Gasteiger partial charge in [-0.05, 0) is 12.1 Å². The summed E-state index contributed by atoms with van der Waals surface area (Å²) >= 11 is 6.14. The summed E-state index contributed by atoms with van der Waals surface area (Å²) < 4.78 is 10.7. The largest absolute Gasteiger partial charge is 0.493 e. The molecule has 0 aliphatic carbocycles. The first-order valence-electron chi connectivity index (χ1n) is 5.51. The molecule has 1 rings (SSSR count). The summed E-state index contributed by atoms with van der Waals surface area (Å²) in [5.74, 6) is 1.10. The lowest BCUT2D eigenvalue weighted by Gasteiger charge is -2.12. The zero-order chi connectivity index (χ0) is 13.4. The van der Waals surface area contributed by atoms with Crippen molar-refractivity contribution in [2.75, 3.05) is 20.3 Å². The van der Waals surface area contributed by atoms with Gasteiger partial charge < -0.3 is 14.8 Å². The highest BCUT2D eigenvalue weighted by molar-refractivity contribution is 6.32. The molecule has 4 nitrogen and oxygen atoms in total. The number of nitriles is 1. The molecule has 0 unspecified atom stereocenters. The molecule has 0 saturated carbocycles. The molecule has 0 aromatic heterocycles. The molecule has 0 spiro atoms. The van der Waals surface area contributed by atoms with E-state index in [2.05, 4.69) is 12.6 Å². The van der Waals surface area contributed by atoms with Crippen LogP contribution in [-0.2, 0) is 6.54 Å². The van der Waals surface area contributed by atoms with Crippen LogP contribution in [0.25, 0.3) is 0 Å². The number of methoxy groups -OCH3 is 1. The summed E-state index contributed by atoms with van der Waals surface area (Å²) in [6, 6.07) is 5.74. The van der Waals surface area contributed by atoms with Gasteiger partial charge in [0.25, 0.3) is 0 Å². The Morgan fingerprint density at radius 1 is 1.56 bits per heavy atom. The van der Waals surface area contributed by atoms with Gasteiger partial charge in [0.2, 0.25) is 0 Å². The van der Waals surface area contributed by atoms with E-state index in [9.17, 15) is 0 Å². The molecule has 0 radical (unpaired) electrons. The molecule has 18 heavy (non-hydrogen) atoms. The Kier molecular flexibility index (Phi) is 6.06. The van der Waals surface area contributed by atoms with E-state index in [0.717, 1.165) is 5.56 Å². The summed E-state index contributed by atoms with van der Waals surface area (Å²) in [5, 5.41) is 10.9. The number of hydrogen-bond donors (Lipinski definition) is 1. The van der Waals surface area contributed by atoms with Crippen LogP contribution in [0.2, 0.25) is 5.02 Å². The van der Waals surface area contributed by atoms with Gasteiger partial charge in [0.05, 0.1) is 12.1 Å². The van der Waals surface area contributed by atoms with Crippen LogP contribution in [0.5, 0.6) is 11.5 Å². The molecule has 0 aliphatic heterocycles. The molecule has 0 atom stereocenters. The van der Waals surface area contributed by atoms with Gasteiger partial charge in [-0.3, -0.25) is 0 Å². The molecule has 0 amide bonds. The normalized spacial score (nSPS) is 9.61. The van der Waals surface area contributed by atoms with Crippen LogP contribution >= 0.6 is 11.6 Å². The SMILES string of the molecule is C=CCOc1c(Cl)cc(C[NH2+]CC#N)cc1OC. The molecule has 0 saturated heterocycles. The van der Waals surface area contributed by atoms with E-state index in [0.29, 0.717) is 36.2 Å². The molecular formula is C13H16ClN2O2+. The number of rotatable bonds is 7. The van der Waals surface area contributed by atoms with Gasteiger partial charge in [-0.2, -0.15) is 5.26 Å². The second kappa shape index (κ2) is 7.59. The Labute approximate surface area is 112 Å². The maximum Gasteiger partial charge on any atom is 0.180 e. The predicted octanol–water partition coefficient (Wildman–Crippen LogP) is 1.50. The van der Waals surface area contributed by atoms with Crippen molar-refractivity contribution >= 4 is 11.6 Å². The van der Waals surface area contributed by atoms with Crippen LogP contribution in [-0.4, -0.2) is 20.3 Å². The maximum atomic E-state index is 8.48. The van der Waals surface area contributed by atoms with Gasteiger partial charge in [0.1, 0.15) is 19.2 Å². The fraction of sp³-hybridized carbons (Fsp3) is 0.308. The van der Waals surface area contributed by atoms with Crippen molar-refractivity contribution < 1.29 is 14.8 Å². The topological polar surface area (TPSA) is 58.9 Å².